The molecule has 1 aromatic carbocycles. The maximum absolute atomic E-state index is 13.7. The SMILES string of the molecule is Cn1cc(-c2ccc(N(C(=O)NCc3ccccc3)[C@H]3CC[C@H](Nc4ncc(C#N)c(-c5cccnc5O)n4)CC3)nc2)cn1. The molecule has 5 aromatic rings. The number of carbonyl (C=O) groups is 1. The molecule has 1 aliphatic carbocycles. The minimum atomic E-state index is -0.202. The van der Waals surface area contributed by atoms with Gasteiger partial charge in [0, 0.05) is 55.4 Å². The van der Waals surface area contributed by atoms with Crippen LogP contribution in [0.5, 0.6) is 5.88 Å². The molecule has 1 fully saturated rings. The van der Waals surface area contributed by atoms with Crippen molar-refractivity contribution in [2.75, 3.05) is 10.2 Å². The van der Waals surface area contributed by atoms with Gasteiger partial charge in [0.2, 0.25) is 11.8 Å². The molecule has 0 radical (unpaired) electrons. The van der Waals surface area contributed by atoms with E-state index >= 15 is 0 Å². The highest BCUT2D eigenvalue weighted by Crippen LogP contribution is 2.31. The number of benzene rings is 1. The summed E-state index contributed by atoms with van der Waals surface area (Å²) in [5.41, 5.74) is 3.81. The molecule has 12 nitrogen and oxygen atoms in total. The number of nitrogens with zero attached hydrogens (tertiary/aromatic N) is 8. The number of amides is 2. The first-order chi connectivity index (χ1) is 22.0. The number of carbonyl (C=O) groups excluding carboxylic acids is 1. The van der Waals surface area contributed by atoms with Crippen LogP contribution in [0.15, 0.2) is 85.6 Å². The maximum Gasteiger partial charge on any atom is 0.323 e. The second-order valence-electron chi connectivity index (χ2n) is 10.9. The largest absolute Gasteiger partial charge is 0.493 e. The van der Waals surface area contributed by atoms with E-state index in [0.717, 1.165) is 42.4 Å². The van der Waals surface area contributed by atoms with Gasteiger partial charge in [-0.1, -0.05) is 30.3 Å². The quantitative estimate of drug-likeness (QED) is 0.222. The summed E-state index contributed by atoms with van der Waals surface area (Å²) in [5, 5.41) is 30.5. The van der Waals surface area contributed by atoms with Crippen molar-refractivity contribution < 1.29 is 9.90 Å². The van der Waals surface area contributed by atoms with E-state index in [1.165, 1.54) is 12.4 Å². The van der Waals surface area contributed by atoms with Gasteiger partial charge >= 0.3 is 6.03 Å². The van der Waals surface area contributed by atoms with Crippen molar-refractivity contribution in [2.24, 2.45) is 7.05 Å². The van der Waals surface area contributed by atoms with E-state index in [9.17, 15) is 15.2 Å². The molecule has 4 heterocycles. The number of hydrogen-bond acceptors (Lipinski definition) is 9. The molecule has 45 heavy (non-hydrogen) atoms. The number of aromatic nitrogens is 6. The van der Waals surface area contributed by atoms with Crippen LogP contribution < -0.4 is 15.5 Å². The van der Waals surface area contributed by atoms with Gasteiger partial charge < -0.3 is 15.7 Å². The van der Waals surface area contributed by atoms with Crippen LogP contribution in [0.1, 0.15) is 36.8 Å². The first kappa shape index (κ1) is 29.3. The van der Waals surface area contributed by atoms with Crippen LogP contribution in [0.25, 0.3) is 22.4 Å². The number of pyridine rings is 2. The van der Waals surface area contributed by atoms with Crippen LogP contribution in [0.4, 0.5) is 16.6 Å². The van der Waals surface area contributed by atoms with Gasteiger partial charge in [-0.05, 0) is 55.5 Å². The first-order valence-electron chi connectivity index (χ1n) is 14.7. The van der Waals surface area contributed by atoms with E-state index in [-0.39, 0.29) is 29.6 Å². The van der Waals surface area contributed by atoms with E-state index in [1.54, 1.807) is 34.1 Å². The number of anilines is 2. The summed E-state index contributed by atoms with van der Waals surface area (Å²) in [6, 6.07) is 18.9. The summed E-state index contributed by atoms with van der Waals surface area (Å²) in [6.45, 7) is 0.408. The number of urea groups is 1. The fourth-order valence-corrected chi connectivity index (χ4v) is 5.57. The Morgan fingerprint density at radius 3 is 2.51 bits per heavy atom. The number of rotatable bonds is 8. The summed E-state index contributed by atoms with van der Waals surface area (Å²) < 4.78 is 1.74. The number of aryl methyl sites for hydroxylation is 1. The number of aromatic hydroxyl groups is 1. The zero-order valence-corrected chi connectivity index (χ0v) is 24.7. The normalized spacial score (nSPS) is 16.0. The highest BCUT2D eigenvalue weighted by molar-refractivity contribution is 5.91. The highest BCUT2D eigenvalue weighted by Gasteiger charge is 2.31. The number of nitrogens with one attached hydrogen (secondary N) is 2. The van der Waals surface area contributed by atoms with Gasteiger partial charge in [0.25, 0.3) is 0 Å². The van der Waals surface area contributed by atoms with Gasteiger partial charge in [-0.3, -0.25) is 9.58 Å². The van der Waals surface area contributed by atoms with E-state index in [4.69, 9.17) is 4.98 Å². The Morgan fingerprint density at radius 1 is 1.00 bits per heavy atom. The molecule has 0 spiro atoms. The third-order valence-corrected chi connectivity index (χ3v) is 7.88. The molecule has 1 saturated carbocycles. The summed E-state index contributed by atoms with van der Waals surface area (Å²) in [4.78, 5) is 33.0. The molecular formula is C33H32N10O2. The van der Waals surface area contributed by atoms with Gasteiger partial charge in [0.15, 0.2) is 0 Å². The fraction of sp³-hybridized carbons (Fsp3) is 0.242. The molecule has 226 valence electrons. The first-order valence-corrected chi connectivity index (χ1v) is 14.7. The lowest BCUT2D eigenvalue weighted by molar-refractivity contribution is 0.240. The van der Waals surface area contributed by atoms with Gasteiger partial charge in [-0.2, -0.15) is 10.4 Å². The molecular weight excluding hydrogens is 568 g/mol. The predicted molar refractivity (Wildman–Crippen MR) is 169 cm³/mol. The van der Waals surface area contributed by atoms with Crippen LogP contribution in [-0.2, 0) is 13.6 Å². The van der Waals surface area contributed by atoms with Crippen molar-refractivity contribution in [3.63, 3.8) is 0 Å². The van der Waals surface area contributed by atoms with Crippen molar-refractivity contribution in [2.45, 2.75) is 44.3 Å². The molecule has 1 aliphatic rings. The average molecular weight is 601 g/mol. The smallest absolute Gasteiger partial charge is 0.323 e. The van der Waals surface area contributed by atoms with Gasteiger partial charge in [-0.15, -0.1) is 0 Å². The summed E-state index contributed by atoms with van der Waals surface area (Å²) in [7, 11) is 1.87. The zero-order chi connectivity index (χ0) is 31.2. The Labute approximate surface area is 260 Å². The highest BCUT2D eigenvalue weighted by atomic mass is 16.3. The number of hydrogen-bond donors (Lipinski definition) is 3. The molecule has 4 aromatic heterocycles. The Bertz CT molecular complexity index is 1810. The Morgan fingerprint density at radius 2 is 1.82 bits per heavy atom. The number of nitriles is 1. The maximum atomic E-state index is 13.7. The lowest BCUT2D eigenvalue weighted by Gasteiger charge is -2.36. The molecule has 2 amide bonds. The van der Waals surface area contributed by atoms with Crippen molar-refractivity contribution in [3.8, 4) is 34.3 Å². The van der Waals surface area contributed by atoms with Crippen molar-refractivity contribution in [1.82, 2.24) is 35.0 Å². The Kier molecular flexibility index (Phi) is 8.59. The predicted octanol–water partition coefficient (Wildman–Crippen LogP) is 5.05. The van der Waals surface area contributed by atoms with Crippen LogP contribution in [-0.4, -0.2) is 52.9 Å². The zero-order valence-electron chi connectivity index (χ0n) is 24.7. The molecule has 3 N–H and O–H groups in total. The van der Waals surface area contributed by atoms with Crippen LogP contribution in [0.2, 0.25) is 0 Å². The van der Waals surface area contributed by atoms with E-state index < -0.39 is 0 Å². The molecule has 12 heteroatoms. The van der Waals surface area contributed by atoms with Gasteiger partial charge in [0.1, 0.15) is 11.9 Å². The van der Waals surface area contributed by atoms with E-state index in [2.05, 4.69) is 36.8 Å². The van der Waals surface area contributed by atoms with Crippen LogP contribution >= 0.6 is 0 Å². The van der Waals surface area contributed by atoms with E-state index in [1.807, 2.05) is 55.7 Å². The lowest BCUT2D eigenvalue weighted by Crippen LogP contribution is -2.49. The topological polar surface area (TPSA) is 158 Å². The standard InChI is InChI=1S/C33H32N10O2/c1-42-21-25(20-39-42)23-9-14-29(36-18-23)43(33(45)38-17-22-6-3-2-4-7-22)27-12-10-26(11-13-27)40-32-37-19-24(16-34)30(41-32)28-8-5-15-35-31(28)44/h2-9,14-15,18-21,26-27H,10-13,17H2,1H3,(H,35,44)(H,38,45)(H,37,40,41)/t26-,27-. The van der Waals surface area contributed by atoms with Crippen molar-refractivity contribution in [1.29, 1.82) is 5.26 Å². The van der Waals surface area contributed by atoms with E-state index in [0.29, 0.717) is 29.6 Å². The summed E-state index contributed by atoms with van der Waals surface area (Å²) in [6.07, 6.45) is 11.4. The fourth-order valence-electron chi connectivity index (χ4n) is 5.57. The molecule has 0 atom stereocenters. The Balaban J connectivity index is 1.17. The summed E-state index contributed by atoms with van der Waals surface area (Å²) in [5.74, 6) is 0.744. The molecule has 0 aliphatic heterocycles. The van der Waals surface area contributed by atoms with Crippen LogP contribution in [0.3, 0.4) is 0 Å². The monoisotopic (exact) mass is 600 g/mol. The molecule has 0 saturated heterocycles. The minimum absolute atomic E-state index is 0.0553. The van der Waals surface area contributed by atoms with Gasteiger partial charge in [0.05, 0.1) is 29.2 Å². The average Bonchev–Trinajstić information content (AvgIpc) is 3.52. The third-order valence-electron chi connectivity index (χ3n) is 7.88. The molecule has 6 rings (SSSR count). The molecule has 0 unspecified atom stereocenters. The summed E-state index contributed by atoms with van der Waals surface area (Å²) >= 11 is 0. The Hall–Kier alpha value is -5.83. The second-order valence-corrected chi connectivity index (χ2v) is 10.9. The van der Waals surface area contributed by atoms with Crippen LogP contribution in [0, 0.1) is 11.3 Å². The minimum Gasteiger partial charge on any atom is -0.493 e. The molecule has 0 bridgehead atoms. The van der Waals surface area contributed by atoms with Gasteiger partial charge in [-0.25, -0.2) is 24.7 Å². The lowest BCUT2D eigenvalue weighted by atomic mass is 9.90. The third kappa shape index (κ3) is 6.73. The van der Waals surface area contributed by atoms with Crippen molar-refractivity contribution >= 4 is 17.8 Å². The second kappa shape index (κ2) is 13.2. The van der Waals surface area contributed by atoms with Crippen molar-refractivity contribution in [3.05, 3.63) is 96.7 Å².